The first-order valence-corrected chi connectivity index (χ1v) is 31.9. The summed E-state index contributed by atoms with van der Waals surface area (Å²) in [6.07, 6.45) is -69.7. The molecule has 0 saturated carbocycles. The van der Waals surface area contributed by atoms with Crippen LogP contribution in [-0.2, 0) is 85.5 Å². The van der Waals surface area contributed by atoms with Crippen molar-refractivity contribution in [1.29, 1.82) is 0 Å². The fraction of sp³-hybridized carbons (Fsp3) is 0.929. The molecule has 580 valence electrons. The highest BCUT2D eigenvalue weighted by Crippen LogP contribution is 2.39. The Kier molecular flexibility index (Phi) is 31.1. The summed E-state index contributed by atoms with van der Waals surface area (Å²) in [5.41, 5.74) is 0. The molecule has 0 unspecified atom stereocenters. The second kappa shape index (κ2) is 37.1. The van der Waals surface area contributed by atoms with Gasteiger partial charge in [-0.1, -0.05) is 0 Å². The number of hydrogen-bond acceptors (Lipinski definition) is 40. The van der Waals surface area contributed by atoms with Crippen LogP contribution in [0.4, 0.5) is 0 Å². The van der Waals surface area contributed by atoms with Crippen LogP contribution in [0.5, 0.6) is 0 Å². The normalized spacial score (nSPS) is 45.4. The summed E-state index contributed by atoms with van der Waals surface area (Å²) in [6, 6.07) is -7.10. The van der Waals surface area contributed by atoms with Crippen molar-refractivity contribution in [3.8, 4) is 0 Å². The fourth-order valence-corrected chi connectivity index (χ4v) is 12.5. The molecule has 7 saturated heterocycles. The number of amides is 4. The number of aliphatic hydroxyl groups excluding tert-OH is 22. The second-order valence-electron chi connectivity index (χ2n) is 25.1. The molecule has 7 heterocycles. The highest BCUT2D eigenvalue weighted by Gasteiger charge is 2.60. The minimum Gasteiger partial charge on any atom is -0.394 e. The Morgan fingerprint density at radius 1 is 0.360 bits per heavy atom. The van der Waals surface area contributed by atoms with E-state index in [4.69, 9.17) is 66.3 Å². The highest BCUT2D eigenvalue weighted by molar-refractivity contribution is 5.74. The molecule has 26 N–H and O–H groups in total. The van der Waals surface area contributed by atoms with E-state index in [1.54, 1.807) is 0 Å². The molecule has 0 aromatic carbocycles. The summed E-state index contributed by atoms with van der Waals surface area (Å²) in [7, 11) is 0. The Labute approximate surface area is 568 Å². The van der Waals surface area contributed by atoms with Gasteiger partial charge in [0.25, 0.3) is 0 Å². The largest absolute Gasteiger partial charge is 0.394 e. The minimum absolute atomic E-state index is 0.812. The van der Waals surface area contributed by atoms with Crippen LogP contribution in [0.2, 0.25) is 0 Å². The van der Waals surface area contributed by atoms with Crippen molar-refractivity contribution in [2.45, 2.75) is 274 Å². The van der Waals surface area contributed by atoms with Crippen LogP contribution in [0.3, 0.4) is 0 Å². The van der Waals surface area contributed by atoms with E-state index in [0.717, 1.165) is 27.7 Å². The summed E-state index contributed by atoms with van der Waals surface area (Å²) in [4.78, 5) is 50.3. The van der Waals surface area contributed by atoms with Crippen LogP contribution in [-0.4, -0.2) is 428 Å². The minimum atomic E-state index is -2.34. The molecule has 0 radical (unpaired) electrons. The van der Waals surface area contributed by atoms with Crippen LogP contribution in [0.25, 0.3) is 0 Å². The summed E-state index contributed by atoms with van der Waals surface area (Å²) in [5, 5.41) is 250. The van der Waals surface area contributed by atoms with E-state index in [2.05, 4.69) is 21.3 Å². The quantitative estimate of drug-likeness (QED) is 0.0331. The molecular weight excluding hydrogens is 1370 g/mol. The first-order valence-electron chi connectivity index (χ1n) is 31.9. The third-order valence-electron chi connectivity index (χ3n) is 17.9. The lowest BCUT2D eigenvalue weighted by Crippen LogP contribution is -2.71. The number of carbonyl (C=O) groups excluding carboxylic acids is 4. The van der Waals surface area contributed by atoms with E-state index in [9.17, 15) is 132 Å². The number of ether oxygens (including phenoxy) is 14. The third-order valence-corrected chi connectivity index (χ3v) is 17.9. The van der Waals surface area contributed by atoms with E-state index < -0.39 is 316 Å². The summed E-state index contributed by atoms with van der Waals surface area (Å²) in [6.45, 7) is -3.27. The molecule has 7 aliphatic rings. The maximum Gasteiger partial charge on any atom is 0.217 e. The molecule has 0 bridgehead atoms. The van der Waals surface area contributed by atoms with Crippen molar-refractivity contribution < 1.29 is 198 Å². The maximum atomic E-state index is 13.0. The van der Waals surface area contributed by atoms with Crippen LogP contribution < -0.4 is 21.3 Å². The second-order valence-corrected chi connectivity index (χ2v) is 25.1. The lowest BCUT2D eigenvalue weighted by Gasteiger charge is -2.51. The Morgan fingerprint density at radius 2 is 0.730 bits per heavy atom. The van der Waals surface area contributed by atoms with Crippen LogP contribution in [0.1, 0.15) is 34.6 Å². The van der Waals surface area contributed by atoms with Gasteiger partial charge >= 0.3 is 0 Å². The van der Waals surface area contributed by atoms with Gasteiger partial charge in [0.05, 0.1) is 65.0 Å². The Bertz CT molecular complexity index is 2570. The molecule has 0 aliphatic carbocycles. The molecule has 7 fully saturated rings. The van der Waals surface area contributed by atoms with Gasteiger partial charge in [-0.2, -0.15) is 0 Å². The van der Waals surface area contributed by atoms with E-state index in [-0.39, 0.29) is 0 Å². The average molecular weight is 1470 g/mol. The molecule has 44 nitrogen and oxygen atoms in total. The molecule has 0 aromatic rings. The highest BCUT2D eigenvalue weighted by atomic mass is 16.8. The number of nitrogens with one attached hydrogen (secondary N) is 4. The monoisotopic (exact) mass is 1460 g/mol. The molecular formula is C56H96N4O40. The van der Waals surface area contributed by atoms with Gasteiger partial charge in [-0.15, -0.1) is 0 Å². The molecule has 0 spiro atoms. The van der Waals surface area contributed by atoms with Gasteiger partial charge in [0.1, 0.15) is 183 Å². The zero-order chi connectivity index (χ0) is 74.2. The van der Waals surface area contributed by atoms with E-state index in [1.165, 1.54) is 6.92 Å². The van der Waals surface area contributed by atoms with Crippen molar-refractivity contribution in [2.75, 3.05) is 52.9 Å². The Balaban J connectivity index is 1.12. The predicted octanol–water partition coefficient (Wildman–Crippen LogP) is -17.2. The van der Waals surface area contributed by atoms with Crippen LogP contribution >= 0.6 is 0 Å². The van der Waals surface area contributed by atoms with Gasteiger partial charge < -0.3 is 200 Å². The molecule has 7 rings (SSSR count). The lowest BCUT2D eigenvalue weighted by atomic mass is 9.93. The fourth-order valence-electron chi connectivity index (χ4n) is 12.5. The average Bonchev–Trinajstić information content (AvgIpc) is 0.765. The van der Waals surface area contributed by atoms with Crippen LogP contribution in [0.15, 0.2) is 0 Å². The number of hydrogen-bond donors (Lipinski definition) is 26. The lowest BCUT2D eigenvalue weighted by molar-refractivity contribution is -0.402. The molecule has 0 aromatic heterocycles. The standard InChI is InChI=1S/C56H96N4O40/c1-14-30(73)39(82)41(84)53(88-14)100-49-48(99-51-27(58-16(3)69)36(79)32(75)21(7-62)89-51)35(78)24(10-65)92-56(49)97-46-26(12-67)94-52(29(38(46)81)60-18(5)71)98-47-34(77)23(9-64)91-55(43(47)86)96-45-25(11-66)93-50(28(37(45)80)59-17(4)70)87-13-20(72)31(74)44(19(6-61)57-15(2)68)95-54-42(85)40(83)33(76)22(8-63)90-54/h14,19-56,61-67,72-86H,6-13H2,1-5H3,(H,57,68)(H,58,69)(H,59,70)(H,60,71)/t14-,19-,20+,21+,22+,23+,24+,25+,26+,27+,28+,29+,30+,31-,32-,33-,34-,35-,36+,37+,38+,39+,40-,41-,42+,43+,44+,45+,46+,47-,48-,49+,50+,51+,52-,53-,54-,55-,56-/m0/s1. The van der Waals surface area contributed by atoms with Gasteiger partial charge in [0.2, 0.25) is 23.6 Å². The molecule has 7 aliphatic heterocycles. The van der Waals surface area contributed by atoms with Crippen molar-refractivity contribution in [2.24, 2.45) is 0 Å². The number of rotatable bonds is 29. The summed E-state index contributed by atoms with van der Waals surface area (Å²) in [5.74, 6) is -3.47. The van der Waals surface area contributed by atoms with E-state index in [0.29, 0.717) is 0 Å². The van der Waals surface area contributed by atoms with E-state index >= 15 is 0 Å². The zero-order valence-electron chi connectivity index (χ0n) is 54.4. The van der Waals surface area contributed by atoms with Gasteiger partial charge in [-0.3, -0.25) is 19.2 Å². The SMILES string of the molecule is CC(=O)N[C@H]1[C@H](OC[C@@H](O)[C@H](O)[C@H](O[C@@H]2O[C@H](CO)[C@H](O)[C@H](O)[C@H]2O)[C@H](CO)NC(C)=O)O[C@H](CO)[C@@H](O[C@@H]2O[C@H](CO)[C@H](O)[C@H](O[C@@H]3O[C@H](CO)[C@@H](O[C@@H]4O[C@H](CO)[C@H](O)[C@H](O[C@H]5O[C@H](CO)[C@H](O)[C@H](O)[C@H]5NC(C)=O)[C@H]4O[C@@H]4O[C@@H](C)[C@@H](O)[C@@H](O)[C@@H]4O)[C@H](O)[C@H]3NC(C)=O)[C@H]2O)[C@@H]1O. The first-order chi connectivity index (χ1) is 47.2. The van der Waals surface area contributed by atoms with Gasteiger partial charge in [-0.25, -0.2) is 0 Å². The summed E-state index contributed by atoms with van der Waals surface area (Å²) >= 11 is 0. The Hall–Kier alpha value is -3.56. The molecule has 39 atom stereocenters. The van der Waals surface area contributed by atoms with Gasteiger partial charge in [-0.05, 0) is 6.92 Å². The zero-order valence-corrected chi connectivity index (χ0v) is 54.4. The van der Waals surface area contributed by atoms with Crippen molar-refractivity contribution in [1.82, 2.24) is 21.3 Å². The maximum absolute atomic E-state index is 13.0. The Morgan fingerprint density at radius 3 is 1.23 bits per heavy atom. The topological polar surface area (TPSA) is 691 Å². The molecule has 100 heavy (non-hydrogen) atoms. The number of aliphatic hydroxyl groups is 22. The van der Waals surface area contributed by atoms with Gasteiger partial charge in [0, 0.05) is 27.7 Å². The van der Waals surface area contributed by atoms with Crippen LogP contribution in [0, 0.1) is 0 Å². The summed E-state index contributed by atoms with van der Waals surface area (Å²) < 4.78 is 82.4. The molecule has 44 heteroatoms. The van der Waals surface area contributed by atoms with Gasteiger partial charge in [0.15, 0.2) is 44.0 Å². The predicted molar refractivity (Wildman–Crippen MR) is 312 cm³/mol. The number of carbonyl (C=O) groups is 4. The van der Waals surface area contributed by atoms with E-state index in [1.807, 2.05) is 0 Å². The van der Waals surface area contributed by atoms with Crippen molar-refractivity contribution >= 4 is 23.6 Å². The third kappa shape index (κ3) is 19.2. The molecule has 4 amide bonds. The first kappa shape index (κ1) is 83.7. The van der Waals surface area contributed by atoms with Crippen molar-refractivity contribution in [3.63, 3.8) is 0 Å². The van der Waals surface area contributed by atoms with Crippen molar-refractivity contribution in [3.05, 3.63) is 0 Å². The smallest absolute Gasteiger partial charge is 0.217 e.